The van der Waals surface area contributed by atoms with Crippen molar-refractivity contribution in [1.82, 2.24) is 4.72 Å². The Bertz CT molecular complexity index is 1130. The lowest BCUT2D eigenvalue weighted by Gasteiger charge is -2.08. The van der Waals surface area contributed by atoms with E-state index in [1.807, 2.05) is 42.5 Å². The van der Waals surface area contributed by atoms with Crippen LogP contribution in [0.2, 0.25) is 0 Å². The number of thiophene rings is 1. The highest BCUT2D eigenvalue weighted by Gasteiger charge is 2.16. The second-order valence-electron chi connectivity index (χ2n) is 7.04. The smallest absolute Gasteiger partial charge is 0.239 e. The van der Waals surface area contributed by atoms with Crippen LogP contribution in [0.4, 0.5) is 0 Å². The lowest BCUT2D eigenvalue weighted by Crippen LogP contribution is -2.31. The fraction of sp³-hybridized carbons (Fsp3) is 0.217. The van der Waals surface area contributed by atoms with Gasteiger partial charge in [-0.3, -0.25) is 14.3 Å². The van der Waals surface area contributed by atoms with Crippen LogP contribution < -0.4 is 4.72 Å². The third kappa shape index (κ3) is 6.37. The van der Waals surface area contributed by atoms with Gasteiger partial charge in [-0.25, -0.2) is 8.42 Å². The number of hydrogen-bond acceptors (Lipinski definition) is 5. The standard InChI is InChI=1S/C23H23NO4S2/c1-17(25)21-13-14-22(29-21)20-11-5-10-19(15-20)16-30(27,28)24-23(26)12-6-9-18-7-3-2-4-8-18/h2-5,7-8,10-11,13-15H,6,9,12,16H2,1H3,(H,24,26). The van der Waals surface area contributed by atoms with Crippen LogP contribution in [0.1, 0.15) is 40.6 Å². The van der Waals surface area contributed by atoms with Crippen LogP contribution >= 0.6 is 11.3 Å². The van der Waals surface area contributed by atoms with E-state index in [9.17, 15) is 18.0 Å². The summed E-state index contributed by atoms with van der Waals surface area (Å²) in [5, 5.41) is 0. The quantitative estimate of drug-likeness (QED) is 0.493. The van der Waals surface area contributed by atoms with Crippen LogP contribution in [0.25, 0.3) is 10.4 Å². The number of aryl methyl sites for hydroxylation is 1. The van der Waals surface area contributed by atoms with Gasteiger partial charge in [0.05, 0.1) is 10.6 Å². The zero-order chi connectivity index (χ0) is 21.6. The number of rotatable bonds is 9. The Balaban J connectivity index is 1.58. The molecule has 2 aromatic carbocycles. The number of sulfonamides is 1. The predicted molar refractivity (Wildman–Crippen MR) is 120 cm³/mol. The van der Waals surface area contributed by atoms with Gasteiger partial charge in [-0.15, -0.1) is 11.3 Å². The number of carbonyl (C=O) groups excluding carboxylic acids is 2. The van der Waals surface area contributed by atoms with Gasteiger partial charge in [0.15, 0.2) is 5.78 Å². The summed E-state index contributed by atoms with van der Waals surface area (Å²) < 4.78 is 27.0. The Labute approximate surface area is 180 Å². The number of benzene rings is 2. The maximum Gasteiger partial charge on any atom is 0.239 e. The van der Waals surface area contributed by atoms with E-state index >= 15 is 0 Å². The molecular weight excluding hydrogens is 418 g/mol. The molecule has 0 atom stereocenters. The van der Waals surface area contributed by atoms with Crippen molar-refractivity contribution in [3.63, 3.8) is 0 Å². The van der Waals surface area contributed by atoms with Gasteiger partial charge in [0.1, 0.15) is 0 Å². The predicted octanol–water partition coefficient (Wildman–Crippen LogP) is 4.59. The third-order valence-corrected chi connectivity index (χ3v) is 6.99. The molecular formula is C23H23NO4S2. The van der Waals surface area contributed by atoms with Gasteiger partial charge in [0.2, 0.25) is 15.9 Å². The fourth-order valence-corrected chi connectivity index (χ4v) is 5.11. The highest BCUT2D eigenvalue weighted by molar-refractivity contribution is 7.89. The summed E-state index contributed by atoms with van der Waals surface area (Å²) in [7, 11) is -3.79. The molecule has 0 aliphatic heterocycles. The maximum atomic E-state index is 12.4. The average Bonchev–Trinajstić information content (AvgIpc) is 3.19. The van der Waals surface area contributed by atoms with Crippen LogP contribution in [-0.2, 0) is 27.0 Å². The summed E-state index contributed by atoms with van der Waals surface area (Å²) in [6, 6.07) is 20.5. The normalized spacial score (nSPS) is 11.2. The molecule has 1 heterocycles. The van der Waals surface area contributed by atoms with E-state index in [0.717, 1.165) is 22.4 Å². The monoisotopic (exact) mass is 441 g/mol. The second kappa shape index (κ2) is 9.82. The summed E-state index contributed by atoms with van der Waals surface area (Å²) >= 11 is 1.37. The molecule has 0 bridgehead atoms. The van der Waals surface area contributed by atoms with Crippen LogP contribution in [0.5, 0.6) is 0 Å². The molecule has 7 heteroatoms. The van der Waals surface area contributed by atoms with Crippen molar-refractivity contribution in [3.8, 4) is 10.4 Å². The molecule has 156 valence electrons. The Kier molecular flexibility index (Phi) is 7.18. The van der Waals surface area contributed by atoms with Crippen molar-refractivity contribution in [3.05, 3.63) is 82.7 Å². The molecule has 3 aromatic rings. The average molecular weight is 442 g/mol. The van der Waals surface area contributed by atoms with Crippen LogP contribution in [0.15, 0.2) is 66.7 Å². The van der Waals surface area contributed by atoms with E-state index in [-0.39, 0.29) is 18.0 Å². The molecule has 0 saturated carbocycles. The summed E-state index contributed by atoms with van der Waals surface area (Å²) in [5.41, 5.74) is 2.54. The molecule has 0 aliphatic carbocycles. The molecule has 1 N–H and O–H groups in total. The van der Waals surface area contributed by atoms with Crippen molar-refractivity contribution in [2.45, 2.75) is 31.9 Å². The van der Waals surface area contributed by atoms with E-state index in [0.29, 0.717) is 16.9 Å². The van der Waals surface area contributed by atoms with Gasteiger partial charge in [0, 0.05) is 11.3 Å². The van der Waals surface area contributed by atoms with Crippen LogP contribution in [0.3, 0.4) is 0 Å². The van der Waals surface area contributed by atoms with E-state index in [1.54, 1.807) is 24.3 Å². The Morgan fingerprint density at radius 3 is 2.37 bits per heavy atom. The van der Waals surface area contributed by atoms with Crippen molar-refractivity contribution in [1.29, 1.82) is 0 Å². The molecule has 30 heavy (non-hydrogen) atoms. The summed E-state index contributed by atoms with van der Waals surface area (Å²) in [6.45, 7) is 1.52. The highest BCUT2D eigenvalue weighted by Crippen LogP contribution is 2.29. The summed E-state index contributed by atoms with van der Waals surface area (Å²) in [6.07, 6.45) is 1.45. The molecule has 0 spiro atoms. The number of Topliss-reactive ketones (excluding diaryl/α,β-unsaturated/α-hetero) is 1. The maximum absolute atomic E-state index is 12.4. The fourth-order valence-electron chi connectivity index (χ4n) is 3.07. The first-order valence-electron chi connectivity index (χ1n) is 9.60. The number of ketones is 1. The molecule has 0 saturated heterocycles. The van der Waals surface area contributed by atoms with Crippen LogP contribution in [-0.4, -0.2) is 20.1 Å². The topological polar surface area (TPSA) is 80.3 Å². The molecule has 1 aromatic heterocycles. The SMILES string of the molecule is CC(=O)c1ccc(-c2cccc(CS(=O)(=O)NC(=O)CCCc3ccccc3)c2)s1. The molecule has 0 aliphatic rings. The first-order valence-corrected chi connectivity index (χ1v) is 12.1. The van der Waals surface area contributed by atoms with E-state index in [2.05, 4.69) is 4.72 Å². The minimum atomic E-state index is -3.79. The first-order chi connectivity index (χ1) is 14.3. The van der Waals surface area contributed by atoms with Crippen molar-refractivity contribution in [2.75, 3.05) is 0 Å². The van der Waals surface area contributed by atoms with Gasteiger partial charge in [-0.05, 0) is 54.7 Å². The minimum Gasteiger partial charge on any atom is -0.294 e. The zero-order valence-electron chi connectivity index (χ0n) is 16.6. The summed E-state index contributed by atoms with van der Waals surface area (Å²) in [5.74, 6) is -0.776. The van der Waals surface area contributed by atoms with Crippen molar-refractivity contribution >= 4 is 33.1 Å². The van der Waals surface area contributed by atoms with Gasteiger partial charge < -0.3 is 0 Å². The van der Waals surface area contributed by atoms with E-state index < -0.39 is 15.9 Å². The number of nitrogens with one attached hydrogen (secondary N) is 1. The molecule has 0 fully saturated rings. The Hall–Kier alpha value is -2.77. The van der Waals surface area contributed by atoms with Gasteiger partial charge >= 0.3 is 0 Å². The lowest BCUT2D eigenvalue weighted by molar-refractivity contribution is -0.119. The molecule has 5 nitrogen and oxygen atoms in total. The Morgan fingerprint density at radius 2 is 1.67 bits per heavy atom. The summed E-state index contributed by atoms with van der Waals surface area (Å²) in [4.78, 5) is 25.1. The highest BCUT2D eigenvalue weighted by atomic mass is 32.2. The number of hydrogen-bond donors (Lipinski definition) is 1. The van der Waals surface area contributed by atoms with Gasteiger partial charge in [-0.1, -0.05) is 48.5 Å². The minimum absolute atomic E-state index is 0.0000379. The second-order valence-corrected chi connectivity index (χ2v) is 9.85. The molecule has 1 amide bonds. The lowest BCUT2D eigenvalue weighted by atomic mass is 10.1. The first kappa shape index (κ1) is 21.9. The zero-order valence-corrected chi connectivity index (χ0v) is 18.3. The van der Waals surface area contributed by atoms with E-state index in [4.69, 9.17) is 0 Å². The number of carbonyl (C=O) groups is 2. The van der Waals surface area contributed by atoms with Gasteiger partial charge in [-0.2, -0.15) is 0 Å². The molecule has 0 unspecified atom stereocenters. The van der Waals surface area contributed by atoms with Crippen LogP contribution in [0, 0.1) is 0 Å². The van der Waals surface area contributed by atoms with Crippen molar-refractivity contribution in [2.24, 2.45) is 0 Å². The van der Waals surface area contributed by atoms with Gasteiger partial charge in [0.25, 0.3) is 0 Å². The van der Waals surface area contributed by atoms with Crippen molar-refractivity contribution < 1.29 is 18.0 Å². The molecule has 3 rings (SSSR count). The third-order valence-electron chi connectivity index (χ3n) is 4.50. The Morgan fingerprint density at radius 1 is 0.933 bits per heavy atom. The largest absolute Gasteiger partial charge is 0.294 e. The van der Waals surface area contributed by atoms with E-state index in [1.165, 1.54) is 18.3 Å². The number of amides is 1. The molecule has 0 radical (unpaired) electrons.